The number of aliphatic hydroxyl groups excluding tert-OH is 4. The fourth-order valence-corrected chi connectivity index (χ4v) is 4.95. The van der Waals surface area contributed by atoms with Crippen molar-refractivity contribution in [1.82, 2.24) is 10.4 Å². The maximum Gasteiger partial charge on any atom is 0.239 e. The first-order valence-electron chi connectivity index (χ1n) is 13.7. The van der Waals surface area contributed by atoms with E-state index in [-0.39, 0.29) is 6.61 Å². The Kier molecular flexibility index (Phi) is 18.1. The molecule has 0 aromatic carbocycles. The molecule has 12 heteroatoms. The van der Waals surface area contributed by atoms with Gasteiger partial charge < -0.3 is 44.6 Å². The first-order valence-corrected chi connectivity index (χ1v) is 15.5. The fraction of sp³-hybridized carbons (Fsp3) is 0.920. The van der Waals surface area contributed by atoms with Gasteiger partial charge in [0.05, 0.1) is 13.2 Å². The van der Waals surface area contributed by atoms with Crippen molar-refractivity contribution in [3.8, 4) is 0 Å². The summed E-state index contributed by atoms with van der Waals surface area (Å²) in [6.45, 7) is 1.73. The molecular formula is C25H51N2O9P. The van der Waals surface area contributed by atoms with Gasteiger partial charge in [0, 0.05) is 13.7 Å². The van der Waals surface area contributed by atoms with Gasteiger partial charge in [-0.3, -0.25) is 4.79 Å². The number of ether oxygens (including phenoxy) is 2. The summed E-state index contributed by atoms with van der Waals surface area (Å²) >= 11 is 0. The minimum atomic E-state index is -3.30. The van der Waals surface area contributed by atoms with Crippen LogP contribution in [0.15, 0.2) is 0 Å². The van der Waals surface area contributed by atoms with E-state index in [9.17, 15) is 30.1 Å². The van der Waals surface area contributed by atoms with Gasteiger partial charge in [0.15, 0.2) is 13.8 Å². The molecule has 7 atom stereocenters. The number of amides is 1. The van der Waals surface area contributed by atoms with Gasteiger partial charge in [-0.2, -0.15) is 0 Å². The number of unbranched alkanes of at least 4 members (excludes halogenated alkanes) is 11. The molecule has 37 heavy (non-hydrogen) atoms. The maximum absolute atomic E-state index is 12.8. The molecule has 0 aliphatic carbocycles. The molecule has 0 saturated carbocycles. The van der Waals surface area contributed by atoms with Crippen LogP contribution in [0.25, 0.3) is 0 Å². The summed E-state index contributed by atoms with van der Waals surface area (Å²) < 4.78 is 15.7. The molecule has 0 bridgehead atoms. The highest BCUT2D eigenvalue weighted by atomic mass is 31.2. The van der Waals surface area contributed by atoms with E-state index >= 15 is 0 Å². The second-order valence-corrected chi connectivity index (χ2v) is 11.8. The van der Waals surface area contributed by atoms with Crippen LogP contribution in [0.2, 0.25) is 0 Å². The zero-order chi connectivity index (χ0) is 27.7. The number of rotatable bonds is 21. The van der Waals surface area contributed by atoms with Crippen LogP contribution in [0.3, 0.4) is 0 Å². The van der Waals surface area contributed by atoms with Crippen LogP contribution in [0.5, 0.6) is 0 Å². The third-order valence-electron chi connectivity index (χ3n) is 6.58. The molecule has 1 heterocycles. The standard InChI is InChI=1S/C25H51N2O9P/c1-4-5-6-7-8-9-10-11-12-13-14-15-16-26-24(32)19(27-37(3,33)34-2)18-35-25-23(31)22(30)21(29)20(17-28)36-25/h19-23,25,27-31,33H,3-18H2,1-2H3,(H,26,32)/t19?,20-,21+,22+,23-,25-,37?/m1/s1. The lowest BCUT2D eigenvalue weighted by atomic mass is 9.99. The van der Waals surface area contributed by atoms with Crippen LogP contribution >= 0.6 is 7.49 Å². The zero-order valence-corrected chi connectivity index (χ0v) is 23.5. The molecule has 0 aromatic rings. The van der Waals surface area contributed by atoms with E-state index in [2.05, 4.69) is 23.6 Å². The summed E-state index contributed by atoms with van der Waals surface area (Å²) in [5, 5.41) is 44.7. The third kappa shape index (κ3) is 13.9. The van der Waals surface area contributed by atoms with Crippen molar-refractivity contribution < 1.29 is 44.1 Å². The number of aliphatic hydroxyl groups is 4. The second-order valence-electron chi connectivity index (χ2n) is 9.78. The number of carbonyl (C=O) groups excluding carboxylic acids is 1. The molecule has 1 aliphatic rings. The van der Waals surface area contributed by atoms with Gasteiger partial charge in [-0.15, -0.1) is 0 Å². The molecule has 11 nitrogen and oxygen atoms in total. The minimum Gasteiger partial charge on any atom is -0.394 e. The quantitative estimate of drug-likeness (QED) is 0.0813. The molecule has 1 aliphatic heterocycles. The average Bonchev–Trinajstić information content (AvgIpc) is 2.88. The summed E-state index contributed by atoms with van der Waals surface area (Å²) in [5.41, 5.74) is 0. The van der Waals surface area contributed by atoms with E-state index in [0.29, 0.717) is 6.54 Å². The summed E-state index contributed by atoms with van der Waals surface area (Å²) in [6.07, 6.45) is 10.9. The van der Waals surface area contributed by atoms with Gasteiger partial charge in [-0.25, -0.2) is 5.09 Å². The van der Waals surface area contributed by atoms with Gasteiger partial charge >= 0.3 is 0 Å². The molecular weight excluding hydrogens is 503 g/mol. The molecule has 7 N–H and O–H groups in total. The lowest BCUT2D eigenvalue weighted by Crippen LogP contribution is -2.60. The van der Waals surface area contributed by atoms with E-state index in [4.69, 9.17) is 14.0 Å². The van der Waals surface area contributed by atoms with Crippen LogP contribution in [0.4, 0.5) is 0 Å². The molecule has 1 saturated heterocycles. The first kappa shape index (κ1) is 34.4. The Morgan fingerprint density at radius 3 is 2.00 bits per heavy atom. The van der Waals surface area contributed by atoms with Crippen LogP contribution < -0.4 is 10.4 Å². The fourth-order valence-electron chi connectivity index (χ4n) is 4.16. The topological polar surface area (TPSA) is 170 Å². The predicted molar refractivity (Wildman–Crippen MR) is 144 cm³/mol. The Morgan fingerprint density at radius 1 is 0.946 bits per heavy atom. The van der Waals surface area contributed by atoms with Crippen LogP contribution in [0, 0.1) is 0 Å². The normalized spacial score (nSPS) is 26.5. The zero-order valence-electron chi connectivity index (χ0n) is 22.6. The largest absolute Gasteiger partial charge is 0.394 e. The van der Waals surface area contributed by atoms with Gasteiger partial charge in [0.1, 0.15) is 30.5 Å². The third-order valence-corrected chi connectivity index (χ3v) is 7.90. The molecule has 0 spiro atoms. The Bertz CT molecular complexity index is 656. The molecule has 1 fully saturated rings. The van der Waals surface area contributed by atoms with E-state index in [1.807, 2.05) is 0 Å². The Hall–Kier alpha value is -0.590. The average molecular weight is 555 g/mol. The van der Waals surface area contributed by atoms with E-state index < -0.39 is 56.8 Å². The molecule has 0 aromatic heterocycles. The van der Waals surface area contributed by atoms with Crippen molar-refractivity contribution in [3.05, 3.63) is 0 Å². The highest BCUT2D eigenvalue weighted by molar-refractivity contribution is 7.61. The van der Waals surface area contributed by atoms with Crippen molar-refractivity contribution >= 4 is 19.7 Å². The van der Waals surface area contributed by atoms with Crippen molar-refractivity contribution in [1.29, 1.82) is 0 Å². The summed E-state index contributed by atoms with van der Waals surface area (Å²) in [7, 11) is -2.05. The van der Waals surface area contributed by atoms with Crippen molar-refractivity contribution in [2.45, 2.75) is 121 Å². The molecule has 220 valence electrons. The number of hydrogen-bond donors (Lipinski definition) is 7. The Morgan fingerprint density at radius 2 is 1.49 bits per heavy atom. The molecule has 1 rings (SSSR count). The van der Waals surface area contributed by atoms with Crippen molar-refractivity contribution in [2.75, 3.05) is 26.9 Å². The van der Waals surface area contributed by atoms with Gasteiger partial charge in [0.25, 0.3) is 0 Å². The van der Waals surface area contributed by atoms with Crippen LogP contribution in [-0.2, 0) is 18.8 Å². The number of carbonyl (C=O) groups is 1. The van der Waals surface area contributed by atoms with Crippen LogP contribution in [-0.4, -0.2) is 101 Å². The predicted octanol–water partition coefficient (Wildman–Crippen LogP) is 1.41. The smallest absolute Gasteiger partial charge is 0.239 e. The summed E-state index contributed by atoms with van der Waals surface area (Å²) in [5.74, 6) is -0.452. The SMILES string of the molecule is C=P(O)(NC(CO[C@@H]1O[C@H](CO)[C@H](O)[C@H](O)[C@H]1O)C(=O)NCCCCCCCCCCCCCC)OC. The highest BCUT2D eigenvalue weighted by Crippen LogP contribution is 2.35. The van der Waals surface area contributed by atoms with Gasteiger partial charge in [-0.05, 0) is 12.7 Å². The van der Waals surface area contributed by atoms with E-state index in [1.165, 1.54) is 64.9 Å². The van der Waals surface area contributed by atoms with Crippen molar-refractivity contribution in [3.63, 3.8) is 0 Å². The molecule has 2 unspecified atom stereocenters. The lowest BCUT2D eigenvalue weighted by molar-refractivity contribution is -0.301. The van der Waals surface area contributed by atoms with E-state index in [1.54, 1.807) is 0 Å². The summed E-state index contributed by atoms with van der Waals surface area (Å²) in [4.78, 5) is 23.0. The summed E-state index contributed by atoms with van der Waals surface area (Å²) in [6, 6.07) is -1.08. The lowest BCUT2D eigenvalue weighted by Gasteiger charge is -2.40. The van der Waals surface area contributed by atoms with Gasteiger partial charge in [-0.1, -0.05) is 77.6 Å². The Balaban J connectivity index is 2.38. The monoisotopic (exact) mass is 554 g/mol. The number of hydrogen-bond acceptors (Lipinski definition) is 10. The number of nitrogens with one attached hydrogen (secondary N) is 2. The van der Waals surface area contributed by atoms with Gasteiger partial charge in [0.2, 0.25) is 5.91 Å². The first-order chi connectivity index (χ1) is 17.7. The second kappa shape index (κ2) is 19.5. The minimum absolute atomic E-state index is 0.353. The maximum atomic E-state index is 12.8. The van der Waals surface area contributed by atoms with Crippen molar-refractivity contribution in [2.24, 2.45) is 0 Å². The molecule has 1 amide bonds. The van der Waals surface area contributed by atoms with E-state index in [0.717, 1.165) is 19.3 Å². The Labute approximate surface area is 222 Å². The molecule has 0 radical (unpaired) electrons. The highest BCUT2D eigenvalue weighted by Gasteiger charge is 2.44. The van der Waals surface area contributed by atoms with Crippen LogP contribution in [0.1, 0.15) is 84.0 Å².